The van der Waals surface area contributed by atoms with Gasteiger partial charge in [0.05, 0.1) is 23.9 Å². The third-order valence-corrected chi connectivity index (χ3v) is 4.89. The van der Waals surface area contributed by atoms with Crippen LogP contribution in [0.4, 0.5) is 0 Å². The summed E-state index contributed by atoms with van der Waals surface area (Å²) in [5.41, 5.74) is 3.35. The number of carbonyl (C=O) groups is 1. The number of rotatable bonds is 5. The Kier molecular flexibility index (Phi) is 5.27. The van der Waals surface area contributed by atoms with Gasteiger partial charge in [0.15, 0.2) is 5.16 Å². The van der Waals surface area contributed by atoms with E-state index < -0.39 is 0 Å². The van der Waals surface area contributed by atoms with Gasteiger partial charge in [-0.25, -0.2) is 9.78 Å². The summed E-state index contributed by atoms with van der Waals surface area (Å²) in [6, 6.07) is 7.21. The Morgan fingerprint density at radius 2 is 2.00 bits per heavy atom. The van der Waals surface area contributed by atoms with Crippen molar-refractivity contribution >= 4 is 17.7 Å². The molecule has 2 aromatic rings. The molecule has 0 fully saturated rings. The highest BCUT2D eigenvalue weighted by Crippen LogP contribution is 2.21. The van der Waals surface area contributed by atoms with Crippen LogP contribution in [0.15, 0.2) is 34.2 Å². The van der Waals surface area contributed by atoms with Crippen LogP contribution < -0.4 is 5.56 Å². The smallest absolute Gasteiger partial charge is 0.338 e. The number of thioether (sulfide) groups is 1. The molecule has 0 N–H and O–H groups in total. The number of hydrogen-bond donors (Lipinski definition) is 0. The molecule has 0 saturated heterocycles. The Balaban J connectivity index is 1.86. The van der Waals surface area contributed by atoms with Crippen LogP contribution in [0.5, 0.6) is 0 Å². The van der Waals surface area contributed by atoms with Crippen LogP contribution >= 0.6 is 11.8 Å². The van der Waals surface area contributed by atoms with Crippen molar-refractivity contribution in [1.29, 1.82) is 0 Å². The molecule has 6 heteroatoms. The van der Waals surface area contributed by atoms with Gasteiger partial charge in [0.25, 0.3) is 5.56 Å². The molecule has 0 unspecified atom stereocenters. The minimum absolute atomic E-state index is 0.0649. The molecule has 0 radical (unpaired) electrons. The van der Waals surface area contributed by atoms with Crippen LogP contribution in [0.1, 0.15) is 47.4 Å². The molecule has 132 valence electrons. The fraction of sp³-hybridized carbons (Fsp3) is 0.421. The third-order valence-electron chi connectivity index (χ3n) is 4.21. The first-order valence-electron chi connectivity index (χ1n) is 8.46. The zero-order valence-electron chi connectivity index (χ0n) is 14.7. The minimum atomic E-state index is -0.331. The zero-order valence-corrected chi connectivity index (χ0v) is 15.6. The van der Waals surface area contributed by atoms with Gasteiger partial charge in [-0.3, -0.25) is 9.36 Å². The summed E-state index contributed by atoms with van der Waals surface area (Å²) < 4.78 is 6.93. The van der Waals surface area contributed by atoms with E-state index in [0.29, 0.717) is 12.1 Å². The van der Waals surface area contributed by atoms with E-state index in [9.17, 15) is 9.59 Å². The van der Waals surface area contributed by atoms with Crippen LogP contribution in [0, 0.1) is 0 Å². The predicted molar refractivity (Wildman–Crippen MR) is 98.4 cm³/mol. The van der Waals surface area contributed by atoms with Crippen molar-refractivity contribution in [2.75, 3.05) is 6.26 Å². The summed E-state index contributed by atoms with van der Waals surface area (Å²) in [5.74, 6) is -0.331. The fourth-order valence-electron chi connectivity index (χ4n) is 3.01. The van der Waals surface area contributed by atoms with Crippen LogP contribution in [-0.2, 0) is 24.1 Å². The second-order valence-electron chi connectivity index (χ2n) is 6.42. The van der Waals surface area contributed by atoms with Gasteiger partial charge in [-0.1, -0.05) is 23.9 Å². The third kappa shape index (κ3) is 3.79. The Bertz CT molecular complexity index is 841. The number of ether oxygens (including phenoxy) is 1. The molecule has 1 heterocycles. The molecule has 0 amide bonds. The summed E-state index contributed by atoms with van der Waals surface area (Å²) in [5, 5.41) is 0.744. The van der Waals surface area contributed by atoms with Crippen molar-refractivity contribution in [3.63, 3.8) is 0 Å². The molecule has 3 rings (SSSR count). The second-order valence-corrected chi connectivity index (χ2v) is 7.19. The molecule has 1 aromatic heterocycles. The molecule has 25 heavy (non-hydrogen) atoms. The van der Waals surface area contributed by atoms with E-state index in [1.165, 1.54) is 11.8 Å². The van der Waals surface area contributed by atoms with Crippen molar-refractivity contribution in [2.45, 2.75) is 50.9 Å². The fourth-order valence-corrected chi connectivity index (χ4v) is 3.58. The largest absolute Gasteiger partial charge is 0.459 e. The van der Waals surface area contributed by atoms with Gasteiger partial charge in [-0.2, -0.15) is 0 Å². The SMILES string of the molecule is CSc1nc2c(c(=O)n1Cc1ccc(C(=O)OC(C)C)cc1)CCC2. The maximum absolute atomic E-state index is 12.8. The molecule has 1 aliphatic carbocycles. The Morgan fingerprint density at radius 3 is 2.64 bits per heavy atom. The summed E-state index contributed by atoms with van der Waals surface area (Å²) in [4.78, 5) is 29.4. The van der Waals surface area contributed by atoms with Crippen molar-refractivity contribution in [1.82, 2.24) is 9.55 Å². The van der Waals surface area contributed by atoms with Gasteiger partial charge in [0.1, 0.15) is 0 Å². The van der Waals surface area contributed by atoms with Gasteiger partial charge < -0.3 is 4.74 Å². The van der Waals surface area contributed by atoms with Crippen LogP contribution in [0.2, 0.25) is 0 Å². The van der Waals surface area contributed by atoms with Crippen molar-refractivity contribution in [3.8, 4) is 0 Å². The predicted octanol–water partition coefficient (Wildman–Crippen LogP) is 3.07. The number of carbonyl (C=O) groups excluding carboxylic acids is 1. The van der Waals surface area contributed by atoms with Gasteiger partial charge in [-0.05, 0) is 57.1 Å². The molecule has 0 spiro atoms. The first-order valence-corrected chi connectivity index (χ1v) is 9.68. The molecule has 0 aliphatic heterocycles. The summed E-state index contributed by atoms with van der Waals surface area (Å²) in [7, 11) is 0. The highest BCUT2D eigenvalue weighted by molar-refractivity contribution is 7.98. The van der Waals surface area contributed by atoms with Crippen LogP contribution in [-0.4, -0.2) is 27.9 Å². The van der Waals surface area contributed by atoms with E-state index in [1.54, 1.807) is 16.7 Å². The summed E-state index contributed by atoms with van der Waals surface area (Å²) in [6.45, 7) is 4.10. The molecule has 0 atom stereocenters. The van der Waals surface area contributed by atoms with Crippen molar-refractivity contribution in [3.05, 3.63) is 57.0 Å². The van der Waals surface area contributed by atoms with Crippen molar-refractivity contribution < 1.29 is 9.53 Å². The lowest BCUT2D eigenvalue weighted by Gasteiger charge is -2.13. The van der Waals surface area contributed by atoms with Crippen LogP contribution in [0.3, 0.4) is 0 Å². The molecule has 1 aliphatic rings. The van der Waals surface area contributed by atoms with E-state index in [-0.39, 0.29) is 17.6 Å². The number of nitrogens with zero attached hydrogens (tertiary/aromatic N) is 2. The lowest BCUT2D eigenvalue weighted by Crippen LogP contribution is -2.27. The van der Waals surface area contributed by atoms with E-state index in [4.69, 9.17) is 4.74 Å². The average molecular weight is 358 g/mol. The number of esters is 1. The average Bonchev–Trinajstić information content (AvgIpc) is 3.06. The van der Waals surface area contributed by atoms with Gasteiger partial charge >= 0.3 is 5.97 Å². The van der Waals surface area contributed by atoms with E-state index in [2.05, 4.69) is 4.98 Å². The maximum atomic E-state index is 12.8. The highest BCUT2D eigenvalue weighted by Gasteiger charge is 2.20. The van der Waals surface area contributed by atoms with Gasteiger partial charge in [-0.15, -0.1) is 0 Å². The first-order chi connectivity index (χ1) is 12.0. The topological polar surface area (TPSA) is 61.2 Å². The maximum Gasteiger partial charge on any atom is 0.338 e. The van der Waals surface area contributed by atoms with Crippen LogP contribution in [0.25, 0.3) is 0 Å². The summed E-state index contributed by atoms with van der Waals surface area (Å²) in [6.07, 6.45) is 4.50. The first kappa shape index (κ1) is 17.7. The molecular weight excluding hydrogens is 336 g/mol. The van der Waals surface area contributed by atoms with E-state index >= 15 is 0 Å². The molecule has 0 bridgehead atoms. The highest BCUT2D eigenvalue weighted by atomic mass is 32.2. The second kappa shape index (κ2) is 7.44. The number of aromatic nitrogens is 2. The summed E-state index contributed by atoms with van der Waals surface area (Å²) >= 11 is 1.49. The van der Waals surface area contributed by atoms with Gasteiger partial charge in [0, 0.05) is 5.56 Å². The number of fused-ring (bicyclic) bond motifs is 1. The Morgan fingerprint density at radius 1 is 1.28 bits per heavy atom. The standard InChI is InChI=1S/C19H22N2O3S/c1-12(2)24-18(23)14-9-7-13(8-10-14)11-21-17(22)15-5-4-6-16(15)20-19(21)25-3/h7-10,12H,4-6,11H2,1-3H3. The number of aryl methyl sites for hydroxylation is 1. The van der Waals surface area contributed by atoms with Crippen molar-refractivity contribution in [2.24, 2.45) is 0 Å². The molecule has 1 aromatic carbocycles. The number of hydrogen-bond acceptors (Lipinski definition) is 5. The monoisotopic (exact) mass is 358 g/mol. The zero-order chi connectivity index (χ0) is 18.0. The molecule has 5 nitrogen and oxygen atoms in total. The quantitative estimate of drug-likeness (QED) is 0.467. The van der Waals surface area contributed by atoms with E-state index in [0.717, 1.165) is 41.2 Å². The minimum Gasteiger partial charge on any atom is -0.459 e. The lowest BCUT2D eigenvalue weighted by atomic mass is 10.1. The number of benzene rings is 1. The lowest BCUT2D eigenvalue weighted by molar-refractivity contribution is 0.0378. The van der Waals surface area contributed by atoms with Gasteiger partial charge in [0.2, 0.25) is 0 Å². The molecule has 0 saturated carbocycles. The molecular formula is C19H22N2O3S. The normalized spacial score (nSPS) is 13.1. The van der Waals surface area contributed by atoms with E-state index in [1.807, 2.05) is 32.2 Å². The Labute approximate surface area is 151 Å². The Hall–Kier alpha value is -2.08.